The smallest absolute Gasteiger partial charge is 0.323 e. The molecule has 8 nitrogen and oxygen atoms in total. The SMILES string of the molecule is O=C(O)CN(CC(=O)O)C(=O)NCCCN1CCCC1. The molecule has 0 aromatic rings. The number of carbonyl (C=O) groups excluding carboxylic acids is 1. The first-order valence-electron chi connectivity index (χ1n) is 6.67. The monoisotopic (exact) mass is 287 g/mol. The minimum absolute atomic E-state index is 0.408. The van der Waals surface area contributed by atoms with Crippen LogP contribution in [0.4, 0.5) is 4.79 Å². The van der Waals surface area contributed by atoms with Crippen LogP contribution in [0.5, 0.6) is 0 Å². The topological polar surface area (TPSA) is 110 Å². The lowest BCUT2D eigenvalue weighted by Gasteiger charge is -2.20. The van der Waals surface area contributed by atoms with E-state index in [1.807, 2.05) is 0 Å². The predicted octanol–water partition coefficient (Wildman–Crippen LogP) is -0.347. The molecule has 0 bridgehead atoms. The molecule has 1 heterocycles. The summed E-state index contributed by atoms with van der Waals surface area (Å²) in [7, 11) is 0. The van der Waals surface area contributed by atoms with Gasteiger partial charge in [-0.25, -0.2) is 4.79 Å². The molecule has 0 aromatic heterocycles. The van der Waals surface area contributed by atoms with Gasteiger partial charge in [-0.1, -0.05) is 0 Å². The lowest BCUT2D eigenvalue weighted by molar-refractivity contribution is -0.140. The highest BCUT2D eigenvalue weighted by molar-refractivity contribution is 5.84. The van der Waals surface area contributed by atoms with Crippen LogP contribution < -0.4 is 5.32 Å². The Hall–Kier alpha value is -1.83. The van der Waals surface area contributed by atoms with Gasteiger partial charge in [0, 0.05) is 6.54 Å². The van der Waals surface area contributed by atoms with Gasteiger partial charge in [0.15, 0.2) is 0 Å². The number of carboxylic acid groups (broad SMARTS) is 2. The van der Waals surface area contributed by atoms with Crippen molar-refractivity contribution < 1.29 is 24.6 Å². The van der Waals surface area contributed by atoms with Crippen molar-refractivity contribution in [3.63, 3.8) is 0 Å². The van der Waals surface area contributed by atoms with Crippen LogP contribution in [0, 0.1) is 0 Å². The molecule has 1 fully saturated rings. The number of likely N-dealkylation sites (tertiary alicyclic amines) is 1. The van der Waals surface area contributed by atoms with Crippen molar-refractivity contribution in [3.05, 3.63) is 0 Å². The zero-order valence-corrected chi connectivity index (χ0v) is 11.4. The van der Waals surface area contributed by atoms with Crippen molar-refractivity contribution in [2.75, 3.05) is 39.3 Å². The van der Waals surface area contributed by atoms with Crippen molar-refractivity contribution in [1.82, 2.24) is 15.1 Å². The molecule has 1 aliphatic rings. The quantitative estimate of drug-likeness (QED) is 0.526. The van der Waals surface area contributed by atoms with Crippen LogP contribution in [0.25, 0.3) is 0 Å². The fraction of sp³-hybridized carbons (Fsp3) is 0.750. The van der Waals surface area contributed by atoms with Crippen molar-refractivity contribution in [3.8, 4) is 0 Å². The summed E-state index contributed by atoms with van der Waals surface area (Å²) in [5, 5.41) is 19.8. The molecule has 0 aliphatic carbocycles. The molecule has 8 heteroatoms. The maximum Gasteiger partial charge on any atom is 0.323 e. The second kappa shape index (κ2) is 8.36. The number of carboxylic acids is 2. The molecule has 0 atom stereocenters. The molecular formula is C12H21N3O5. The summed E-state index contributed by atoms with van der Waals surface area (Å²) in [6.07, 6.45) is 3.18. The summed E-state index contributed by atoms with van der Waals surface area (Å²) in [5.41, 5.74) is 0. The maximum atomic E-state index is 11.7. The van der Waals surface area contributed by atoms with Crippen LogP contribution in [-0.4, -0.2) is 77.3 Å². The van der Waals surface area contributed by atoms with Gasteiger partial charge >= 0.3 is 18.0 Å². The number of amides is 2. The van der Waals surface area contributed by atoms with Gasteiger partial charge < -0.3 is 25.3 Å². The highest BCUT2D eigenvalue weighted by Gasteiger charge is 2.19. The van der Waals surface area contributed by atoms with E-state index in [0.717, 1.165) is 31.0 Å². The normalized spacial score (nSPS) is 15.0. The second-order valence-electron chi connectivity index (χ2n) is 4.78. The Morgan fingerprint density at radius 3 is 2.10 bits per heavy atom. The van der Waals surface area contributed by atoms with Crippen LogP contribution in [0.3, 0.4) is 0 Å². The molecule has 0 aromatic carbocycles. The number of hydrogen-bond donors (Lipinski definition) is 3. The van der Waals surface area contributed by atoms with Gasteiger partial charge in [-0.15, -0.1) is 0 Å². The van der Waals surface area contributed by atoms with E-state index in [4.69, 9.17) is 10.2 Å². The van der Waals surface area contributed by atoms with E-state index in [2.05, 4.69) is 10.2 Å². The van der Waals surface area contributed by atoms with Gasteiger partial charge in [-0.3, -0.25) is 9.59 Å². The zero-order chi connectivity index (χ0) is 15.0. The first-order chi connectivity index (χ1) is 9.49. The summed E-state index contributed by atoms with van der Waals surface area (Å²) < 4.78 is 0. The van der Waals surface area contributed by atoms with E-state index in [1.165, 1.54) is 12.8 Å². The minimum atomic E-state index is -1.24. The number of rotatable bonds is 8. The first-order valence-corrected chi connectivity index (χ1v) is 6.67. The molecule has 1 saturated heterocycles. The van der Waals surface area contributed by atoms with Crippen LogP contribution in [0.2, 0.25) is 0 Å². The Balaban J connectivity index is 2.25. The van der Waals surface area contributed by atoms with Crippen LogP contribution in [0.15, 0.2) is 0 Å². The zero-order valence-electron chi connectivity index (χ0n) is 11.4. The van der Waals surface area contributed by atoms with Crippen molar-refractivity contribution in [2.24, 2.45) is 0 Å². The molecule has 20 heavy (non-hydrogen) atoms. The van der Waals surface area contributed by atoms with Crippen LogP contribution in [0.1, 0.15) is 19.3 Å². The molecule has 0 saturated carbocycles. The van der Waals surface area contributed by atoms with Gasteiger partial charge in [-0.2, -0.15) is 0 Å². The second-order valence-corrected chi connectivity index (χ2v) is 4.78. The Labute approximate surface area is 117 Å². The van der Waals surface area contributed by atoms with Crippen molar-refractivity contribution in [1.29, 1.82) is 0 Å². The molecule has 0 unspecified atom stereocenters. The van der Waals surface area contributed by atoms with E-state index in [9.17, 15) is 14.4 Å². The Bertz CT molecular complexity index is 339. The fourth-order valence-electron chi connectivity index (χ4n) is 2.14. The number of carbonyl (C=O) groups is 3. The average Bonchev–Trinajstić information content (AvgIpc) is 2.85. The predicted molar refractivity (Wildman–Crippen MR) is 70.5 cm³/mol. The van der Waals surface area contributed by atoms with Crippen molar-refractivity contribution in [2.45, 2.75) is 19.3 Å². The first kappa shape index (κ1) is 16.2. The summed E-state index contributed by atoms with van der Waals surface area (Å²) in [4.78, 5) is 35.9. The number of nitrogens with zero attached hydrogens (tertiary/aromatic N) is 2. The Morgan fingerprint density at radius 2 is 1.60 bits per heavy atom. The number of nitrogens with one attached hydrogen (secondary N) is 1. The number of hydrogen-bond acceptors (Lipinski definition) is 4. The molecule has 0 radical (unpaired) electrons. The number of aliphatic carboxylic acids is 2. The minimum Gasteiger partial charge on any atom is -0.480 e. The highest BCUT2D eigenvalue weighted by atomic mass is 16.4. The fourth-order valence-corrected chi connectivity index (χ4v) is 2.14. The van der Waals surface area contributed by atoms with Gasteiger partial charge in [0.05, 0.1) is 0 Å². The van der Waals surface area contributed by atoms with E-state index in [0.29, 0.717) is 6.54 Å². The average molecular weight is 287 g/mol. The summed E-state index contributed by atoms with van der Waals surface area (Å²) >= 11 is 0. The molecular weight excluding hydrogens is 266 g/mol. The standard InChI is InChI=1S/C12H21N3O5/c16-10(17)8-15(9-11(18)19)12(20)13-4-3-7-14-5-1-2-6-14/h1-9H2,(H,13,20)(H,16,17)(H,18,19). The van der Waals surface area contributed by atoms with Crippen LogP contribution in [-0.2, 0) is 9.59 Å². The Kier molecular flexibility index (Phi) is 6.78. The third kappa shape index (κ3) is 6.37. The highest BCUT2D eigenvalue weighted by Crippen LogP contribution is 2.06. The lowest BCUT2D eigenvalue weighted by atomic mass is 10.4. The third-order valence-electron chi connectivity index (χ3n) is 3.07. The van der Waals surface area contributed by atoms with E-state index in [1.54, 1.807) is 0 Å². The summed E-state index contributed by atoms with van der Waals surface area (Å²) in [6, 6.07) is -0.656. The number of urea groups is 1. The molecule has 0 spiro atoms. The van der Waals surface area contributed by atoms with Gasteiger partial charge in [0.25, 0.3) is 0 Å². The van der Waals surface area contributed by atoms with E-state index >= 15 is 0 Å². The molecule has 1 aliphatic heterocycles. The maximum absolute atomic E-state index is 11.7. The third-order valence-corrected chi connectivity index (χ3v) is 3.07. The molecule has 3 N–H and O–H groups in total. The van der Waals surface area contributed by atoms with E-state index in [-0.39, 0.29) is 0 Å². The van der Waals surface area contributed by atoms with Gasteiger partial charge in [0.1, 0.15) is 13.1 Å². The summed E-state index contributed by atoms with van der Waals surface area (Å²) in [6.45, 7) is 2.22. The van der Waals surface area contributed by atoms with E-state index < -0.39 is 31.1 Å². The molecule has 2 amide bonds. The molecule has 114 valence electrons. The van der Waals surface area contributed by atoms with Crippen LogP contribution >= 0.6 is 0 Å². The van der Waals surface area contributed by atoms with Gasteiger partial charge in [-0.05, 0) is 38.9 Å². The lowest BCUT2D eigenvalue weighted by Crippen LogP contribution is -2.45. The van der Waals surface area contributed by atoms with Gasteiger partial charge in [0.2, 0.25) is 0 Å². The summed E-state index contributed by atoms with van der Waals surface area (Å²) in [5.74, 6) is -2.48. The molecule has 1 rings (SSSR count). The van der Waals surface area contributed by atoms with Crippen molar-refractivity contribution >= 4 is 18.0 Å². The Morgan fingerprint density at radius 1 is 1.05 bits per heavy atom. The largest absolute Gasteiger partial charge is 0.480 e.